The molecule has 1 aromatic carbocycles. The number of nitrogens with zero attached hydrogens (tertiary/aromatic N) is 7. The number of rotatable bonds is 4. The minimum absolute atomic E-state index is 0.124. The molecule has 0 fully saturated rings. The van der Waals surface area contributed by atoms with Gasteiger partial charge in [0, 0.05) is 41.5 Å². The number of hydrogen-bond acceptors (Lipinski definition) is 7. The molecule has 0 atom stereocenters. The molecule has 3 aromatic heterocycles. The number of nitroso groups, excluding NO2 is 1. The van der Waals surface area contributed by atoms with Gasteiger partial charge < -0.3 is 10.0 Å². The van der Waals surface area contributed by atoms with Crippen molar-refractivity contribution in [1.82, 2.24) is 29.4 Å². The van der Waals surface area contributed by atoms with Gasteiger partial charge in [-0.15, -0.1) is 10.0 Å². The van der Waals surface area contributed by atoms with E-state index in [4.69, 9.17) is 0 Å². The Morgan fingerprint density at radius 2 is 2.25 bits per heavy atom. The highest BCUT2D eigenvalue weighted by Crippen LogP contribution is 2.34. The summed E-state index contributed by atoms with van der Waals surface area (Å²) >= 11 is 0. The molecule has 5 rings (SSSR count). The summed E-state index contributed by atoms with van der Waals surface area (Å²) in [6, 6.07) is 5.37. The molecule has 4 aromatic rings. The van der Waals surface area contributed by atoms with Crippen molar-refractivity contribution in [3.8, 4) is 11.3 Å². The zero-order valence-electron chi connectivity index (χ0n) is 14.6. The summed E-state index contributed by atoms with van der Waals surface area (Å²) in [6.07, 6.45) is 6.94. The van der Waals surface area contributed by atoms with Gasteiger partial charge in [0.1, 0.15) is 5.69 Å². The number of nitrogens with one attached hydrogen (secondary N) is 2. The molecule has 1 aliphatic heterocycles. The molecule has 12 heteroatoms. The molecular weight excluding hydrogens is 382 g/mol. The first-order chi connectivity index (χ1) is 13.5. The first kappa shape index (κ1) is 16.5. The average molecular weight is 397 g/mol. The van der Waals surface area contributed by atoms with E-state index in [-0.39, 0.29) is 5.75 Å². The number of hydrogen-bond donors (Lipinski definition) is 3. The maximum atomic E-state index is 12.1. The second-order valence-electron chi connectivity index (χ2n) is 6.43. The minimum atomic E-state index is -3.26. The minimum Gasteiger partial charge on any atom is -0.323 e. The maximum Gasteiger partial charge on any atom is 0.247 e. The first-order valence-electron chi connectivity index (χ1n) is 8.36. The molecule has 0 aliphatic carbocycles. The van der Waals surface area contributed by atoms with Crippen LogP contribution < -0.4 is 10.0 Å². The van der Waals surface area contributed by atoms with Crippen LogP contribution in [0.15, 0.2) is 47.6 Å². The van der Waals surface area contributed by atoms with E-state index < -0.39 is 10.3 Å². The molecule has 0 saturated heterocycles. The molecule has 0 bridgehead atoms. The summed E-state index contributed by atoms with van der Waals surface area (Å²) in [4.78, 5) is 19.7. The fraction of sp³-hybridized carbons (Fsp3) is 0.125. The summed E-state index contributed by atoms with van der Waals surface area (Å²) in [7, 11) is -1.42. The zero-order valence-corrected chi connectivity index (χ0v) is 15.5. The number of anilines is 3. The fourth-order valence-electron chi connectivity index (χ4n) is 3.15. The Balaban J connectivity index is 1.48. The van der Waals surface area contributed by atoms with E-state index in [2.05, 4.69) is 34.8 Å². The number of benzene rings is 1. The van der Waals surface area contributed by atoms with Crippen molar-refractivity contribution in [1.29, 1.82) is 0 Å². The highest BCUT2D eigenvalue weighted by molar-refractivity contribution is 8.02. The van der Waals surface area contributed by atoms with E-state index in [9.17, 15) is 9.12 Å². The van der Waals surface area contributed by atoms with Crippen LogP contribution in [-0.4, -0.2) is 33.6 Å². The molecule has 0 radical (unpaired) electrons. The second-order valence-corrected chi connectivity index (χ2v) is 8.54. The molecule has 2 N–H and O–H groups in total. The molecule has 4 heterocycles. The standard InChI is InChI=1S/C16H15N9O2S/c1-24-8-11(7-18-24)14-15-20-16(21-25(15)5-4-17-14)19-12-3-2-10-9-28(27,23-26)22-13(10)6-12/h2-8,28H,9H2,1H3,(H,19,21)(H,22,27). The molecule has 28 heavy (non-hydrogen) atoms. The second kappa shape index (κ2) is 5.92. The Morgan fingerprint density at radius 1 is 1.36 bits per heavy atom. The lowest BCUT2D eigenvalue weighted by molar-refractivity contribution is 0.676. The van der Waals surface area contributed by atoms with Gasteiger partial charge in [-0.3, -0.25) is 9.67 Å². The Bertz CT molecular complexity index is 1280. The molecule has 11 nitrogen and oxygen atoms in total. The smallest absolute Gasteiger partial charge is 0.247 e. The van der Waals surface area contributed by atoms with E-state index in [1.807, 2.05) is 19.3 Å². The van der Waals surface area contributed by atoms with Gasteiger partial charge in [-0.1, -0.05) is 6.07 Å². The van der Waals surface area contributed by atoms with Crippen molar-refractivity contribution in [2.24, 2.45) is 11.6 Å². The van der Waals surface area contributed by atoms with E-state index in [0.717, 1.165) is 11.1 Å². The third kappa shape index (κ3) is 2.70. The van der Waals surface area contributed by atoms with E-state index in [1.165, 1.54) is 0 Å². The van der Waals surface area contributed by atoms with Gasteiger partial charge in [-0.05, 0) is 17.7 Å². The Hall–Kier alpha value is -3.67. The van der Waals surface area contributed by atoms with Gasteiger partial charge in [0.25, 0.3) is 0 Å². The summed E-state index contributed by atoms with van der Waals surface area (Å²) in [5, 5.41) is 11.7. The van der Waals surface area contributed by atoms with E-state index in [1.54, 1.807) is 39.9 Å². The van der Waals surface area contributed by atoms with Crippen LogP contribution in [0.2, 0.25) is 0 Å². The van der Waals surface area contributed by atoms with E-state index >= 15 is 0 Å². The highest BCUT2D eigenvalue weighted by Gasteiger charge is 2.26. The topological polar surface area (TPSA) is 131 Å². The molecule has 1 aliphatic rings. The first-order valence-corrected chi connectivity index (χ1v) is 10.2. The van der Waals surface area contributed by atoms with Crippen LogP contribution in [0.3, 0.4) is 0 Å². The third-order valence-corrected chi connectivity index (χ3v) is 6.03. The predicted octanol–water partition coefficient (Wildman–Crippen LogP) is 1.81. The Morgan fingerprint density at radius 3 is 3.04 bits per heavy atom. The van der Waals surface area contributed by atoms with Gasteiger partial charge in [-0.2, -0.15) is 10.1 Å². The van der Waals surface area contributed by atoms with Crippen LogP contribution >= 0.6 is 0 Å². The van der Waals surface area contributed by atoms with Crippen molar-refractivity contribution in [3.05, 3.63) is 53.5 Å². The van der Waals surface area contributed by atoms with Gasteiger partial charge in [0.2, 0.25) is 5.95 Å². The summed E-state index contributed by atoms with van der Waals surface area (Å²) in [5.41, 5.74) is 4.20. The molecular formula is C16H15N9O2S. The van der Waals surface area contributed by atoms with Gasteiger partial charge >= 0.3 is 0 Å². The molecule has 0 amide bonds. The Labute approximate surface area is 159 Å². The fourth-order valence-corrected chi connectivity index (χ4v) is 4.65. The predicted molar refractivity (Wildman–Crippen MR) is 105 cm³/mol. The average Bonchev–Trinajstić information content (AvgIpc) is 3.37. The van der Waals surface area contributed by atoms with Crippen LogP contribution in [0.1, 0.15) is 5.56 Å². The van der Waals surface area contributed by atoms with Gasteiger partial charge in [0.05, 0.1) is 27.9 Å². The summed E-state index contributed by atoms with van der Waals surface area (Å²) in [6.45, 7) is 0. The van der Waals surface area contributed by atoms with Crippen molar-refractivity contribution < 1.29 is 4.21 Å². The molecule has 0 unspecified atom stereocenters. The lowest BCUT2D eigenvalue weighted by atomic mass is 10.2. The number of aryl methyl sites for hydroxylation is 1. The van der Waals surface area contributed by atoms with Crippen molar-refractivity contribution in [3.63, 3.8) is 0 Å². The third-order valence-electron chi connectivity index (χ3n) is 4.41. The van der Waals surface area contributed by atoms with Crippen LogP contribution in [0.4, 0.5) is 17.3 Å². The van der Waals surface area contributed by atoms with Gasteiger partial charge in [-0.25, -0.2) is 8.72 Å². The lowest BCUT2D eigenvalue weighted by Gasteiger charge is -2.08. The van der Waals surface area contributed by atoms with Gasteiger partial charge in [0.15, 0.2) is 5.65 Å². The largest absolute Gasteiger partial charge is 0.323 e. The van der Waals surface area contributed by atoms with E-state index in [0.29, 0.717) is 28.7 Å². The van der Waals surface area contributed by atoms with Crippen molar-refractivity contribution >= 4 is 33.3 Å². The maximum absolute atomic E-state index is 12.1. The van der Waals surface area contributed by atoms with Crippen molar-refractivity contribution in [2.75, 3.05) is 10.0 Å². The SMILES string of the molecule is Cn1cc(-c2nccn3nc(Nc4ccc5c(c4)N[SH](=O)(N=O)C5)nc23)cn1. The monoisotopic (exact) mass is 397 g/mol. The zero-order chi connectivity index (χ0) is 19.3. The van der Waals surface area contributed by atoms with Crippen LogP contribution in [-0.2, 0) is 23.1 Å². The number of aromatic nitrogens is 6. The van der Waals surface area contributed by atoms with Crippen LogP contribution in [0.5, 0.6) is 0 Å². The number of thiol groups is 1. The Kier molecular flexibility index (Phi) is 3.49. The molecule has 0 spiro atoms. The van der Waals surface area contributed by atoms with Crippen molar-refractivity contribution in [2.45, 2.75) is 5.75 Å². The van der Waals surface area contributed by atoms with Crippen LogP contribution in [0, 0.1) is 4.91 Å². The molecule has 0 saturated carbocycles. The quantitative estimate of drug-likeness (QED) is 0.353. The highest BCUT2D eigenvalue weighted by atomic mass is 32.3. The lowest BCUT2D eigenvalue weighted by Crippen LogP contribution is -2.13. The summed E-state index contributed by atoms with van der Waals surface area (Å²) < 4.78 is 20.9. The molecule has 142 valence electrons. The van der Waals surface area contributed by atoms with Crippen LogP contribution in [0.25, 0.3) is 16.9 Å². The normalized spacial score (nSPS) is 15.8. The summed E-state index contributed by atoms with van der Waals surface area (Å²) in [5.74, 6) is 0.506. The number of fused-ring (bicyclic) bond motifs is 2.